The van der Waals surface area contributed by atoms with Crippen molar-refractivity contribution in [2.24, 2.45) is 0 Å². The van der Waals surface area contributed by atoms with Crippen LogP contribution in [0.25, 0.3) is 22.4 Å². The normalized spacial score (nSPS) is 14.0. The van der Waals surface area contributed by atoms with Crippen LogP contribution in [0.15, 0.2) is 34.7 Å². The van der Waals surface area contributed by atoms with Gasteiger partial charge in [0.2, 0.25) is 15.7 Å². The molecule has 1 amide bonds. The van der Waals surface area contributed by atoms with Gasteiger partial charge in [-0.2, -0.15) is 4.98 Å². The number of halogens is 1. The van der Waals surface area contributed by atoms with E-state index in [1.54, 1.807) is 6.07 Å². The lowest BCUT2D eigenvalue weighted by molar-refractivity contribution is 0.0964. The molecule has 1 aliphatic carbocycles. The molecule has 1 fully saturated rings. The summed E-state index contributed by atoms with van der Waals surface area (Å²) in [5.41, 5.74) is 1.54. The second-order valence-corrected chi connectivity index (χ2v) is 9.29. The highest BCUT2D eigenvalue weighted by atomic mass is 32.2. The monoisotopic (exact) mass is 447 g/mol. The van der Waals surface area contributed by atoms with Crippen molar-refractivity contribution in [3.05, 3.63) is 47.3 Å². The van der Waals surface area contributed by atoms with E-state index in [0.717, 1.165) is 12.8 Å². The van der Waals surface area contributed by atoms with E-state index in [9.17, 15) is 17.6 Å². The Bertz CT molecular complexity index is 1230. The quantitative estimate of drug-likeness (QED) is 0.488. The van der Waals surface area contributed by atoms with E-state index < -0.39 is 21.7 Å². The number of carbonyl (C=O) groups excluding carboxylic acids is 1. The number of nitrogens with one attached hydrogen (secondary N) is 2. The molecule has 0 saturated heterocycles. The fourth-order valence-electron chi connectivity index (χ4n) is 3.43. The van der Waals surface area contributed by atoms with Crippen molar-refractivity contribution < 1.29 is 27.1 Å². The fourth-order valence-corrected chi connectivity index (χ4v) is 4.50. The highest BCUT2D eigenvalue weighted by molar-refractivity contribution is 7.92. The molecule has 1 aromatic carbocycles. The van der Waals surface area contributed by atoms with Gasteiger partial charge >= 0.3 is 0 Å². The zero-order valence-electron chi connectivity index (χ0n) is 16.8. The second kappa shape index (κ2) is 8.27. The molecule has 0 bridgehead atoms. The van der Waals surface area contributed by atoms with Crippen molar-refractivity contribution >= 4 is 32.8 Å². The van der Waals surface area contributed by atoms with Gasteiger partial charge in [0.1, 0.15) is 17.4 Å². The van der Waals surface area contributed by atoms with Crippen LogP contribution in [0.1, 0.15) is 41.1 Å². The number of amides is 1. The summed E-state index contributed by atoms with van der Waals surface area (Å²) in [6.45, 7) is -0.239. The van der Waals surface area contributed by atoms with Gasteiger partial charge in [-0.15, -0.1) is 0 Å². The topological polar surface area (TPSA) is 122 Å². The molecular weight excluding hydrogens is 425 g/mol. The molecule has 0 spiro atoms. The van der Waals surface area contributed by atoms with E-state index in [1.165, 1.54) is 31.3 Å². The number of sulfonamides is 1. The second-order valence-electron chi connectivity index (χ2n) is 7.44. The van der Waals surface area contributed by atoms with E-state index in [2.05, 4.69) is 15.0 Å². The molecule has 10 heteroatoms. The number of aliphatic hydroxyl groups is 1. The van der Waals surface area contributed by atoms with Gasteiger partial charge in [0.15, 0.2) is 0 Å². The summed E-state index contributed by atoms with van der Waals surface area (Å²) < 4.78 is 46.5. The van der Waals surface area contributed by atoms with Crippen molar-refractivity contribution in [2.45, 2.75) is 25.2 Å². The SMILES string of the molecule is CNC(=O)c1c(-c2ccc(F)cc2)oc2nc(NS(=O)(=O)CCCO)c(C3CC3)cc12. The lowest BCUT2D eigenvalue weighted by Crippen LogP contribution is -2.19. The first-order valence-corrected chi connectivity index (χ1v) is 11.5. The molecule has 2 heterocycles. The van der Waals surface area contributed by atoms with Crippen LogP contribution >= 0.6 is 0 Å². The largest absolute Gasteiger partial charge is 0.437 e. The van der Waals surface area contributed by atoms with Crippen LogP contribution in [0.4, 0.5) is 10.2 Å². The number of hydrogen-bond acceptors (Lipinski definition) is 6. The molecule has 0 atom stereocenters. The molecule has 31 heavy (non-hydrogen) atoms. The summed E-state index contributed by atoms with van der Waals surface area (Å²) in [6, 6.07) is 7.27. The van der Waals surface area contributed by atoms with Gasteiger partial charge in [-0.3, -0.25) is 9.52 Å². The first kappa shape index (κ1) is 21.3. The van der Waals surface area contributed by atoms with Crippen molar-refractivity contribution in [3.8, 4) is 11.3 Å². The predicted octanol–water partition coefficient (Wildman–Crippen LogP) is 3.00. The number of benzene rings is 1. The van der Waals surface area contributed by atoms with Crippen molar-refractivity contribution in [3.63, 3.8) is 0 Å². The third kappa shape index (κ3) is 4.40. The van der Waals surface area contributed by atoms with E-state index >= 15 is 0 Å². The van der Waals surface area contributed by atoms with Crippen LogP contribution in [0.2, 0.25) is 0 Å². The van der Waals surface area contributed by atoms with Crippen LogP contribution in [0, 0.1) is 5.82 Å². The average molecular weight is 447 g/mol. The minimum absolute atomic E-state index is 0.0992. The zero-order chi connectivity index (χ0) is 22.2. The minimum atomic E-state index is -3.71. The molecule has 0 unspecified atom stereocenters. The molecule has 2 aromatic heterocycles. The maximum atomic E-state index is 13.4. The van der Waals surface area contributed by atoms with Gasteiger partial charge in [0, 0.05) is 19.2 Å². The Labute approximate surface area is 178 Å². The summed E-state index contributed by atoms with van der Waals surface area (Å²) in [5.74, 6) is -0.530. The molecule has 164 valence electrons. The standard InChI is InChI=1S/C21H22FN3O5S/c1-23-20(27)17-16-11-15(12-3-4-12)19(25-31(28,29)10-2-9-26)24-21(16)30-18(17)13-5-7-14(22)8-6-13/h5-8,11-12,26H,2-4,9-10H2,1H3,(H,23,27)(H,24,25). The van der Waals surface area contributed by atoms with Crippen molar-refractivity contribution in [1.82, 2.24) is 10.3 Å². The highest BCUT2D eigenvalue weighted by Crippen LogP contribution is 2.45. The first-order chi connectivity index (χ1) is 14.8. The molecule has 1 saturated carbocycles. The Morgan fingerprint density at radius 2 is 2.00 bits per heavy atom. The lowest BCUT2D eigenvalue weighted by atomic mass is 10.0. The van der Waals surface area contributed by atoms with Crippen LogP contribution in [0.3, 0.4) is 0 Å². The third-order valence-electron chi connectivity index (χ3n) is 5.11. The molecule has 8 nitrogen and oxygen atoms in total. The molecule has 4 rings (SSSR count). The van der Waals surface area contributed by atoms with Gasteiger partial charge in [-0.1, -0.05) is 0 Å². The van der Waals surface area contributed by atoms with Gasteiger partial charge in [0.05, 0.1) is 16.7 Å². The Balaban J connectivity index is 1.87. The van der Waals surface area contributed by atoms with Crippen molar-refractivity contribution in [2.75, 3.05) is 24.1 Å². The predicted molar refractivity (Wildman–Crippen MR) is 114 cm³/mol. The zero-order valence-corrected chi connectivity index (χ0v) is 17.6. The number of anilines is 1. The highest BCUT2D eigenvalue weighted by Gasteiger charge is 2.31. The summed E-state index contributed by atoms with van der Waals surface area (Å²) in [4.78, 5) is 17.1. The average Bonchev–Trinajstić information content (AvgIpc) is 3.52. The first-order valence-electron chi connectivity index (χ1n) is 9.89. The number of nitrogens with zero attached hydrogens (tertiary/aromatic N) is 1. The van der Waals surface area contributed by atoms with Crippen LogP contribution < -0.4 is 10.0 Å². The summed E-state index contributed by atoms with van der Waals surface area (Å²) >= 11 is 0. The van der Waals surface area contributed by atoms with Gasteiger partial charge in [0.25, 0.3) is 5.91 Å². The summed E-state index contributed by atoms with van der Waals surface area (Å²) in [5, 5.41) is 12.0. The smallest absolute Gasteiger partial charge is 0.255 e. The number of hydrogen-bond donors (Lipinski definition) is 3. The number of furan rings is 1. The number of carbonyl (C=O) groups is 1. The summed E-state index contributed by atoms with van der Waals surface area (Å²) in [6.07, 6.45) is 1.87. The lowest BCUT2D eigenvalue weighted by Gasteiger charge is -2.11. The van der Waals surface area contributed by atoms with Crippen LogP contribution in [-0.2, 0) is 10.0 Å². The van der Waals surface area contributed by atoms with E-state index in [0.29, 0.717) is 16.5 Å². The molecule has 3 N–H and O–H groups in total. The number of pyridine rings is 1. The maximum absolute atomic E-state index is 13.4. The number of fused-ring (bicyclic) bond motifs is 1. The van der Waals surface area contributed by atoms with Gasteiger partial charge < -0.3 is 14.8 Å². The Morgan fingerprint density at radius 1 is 1.29 bits per heavy atom. The van der Waals surface area contributed by atoms with Crippen molar-refractivity contribution in [1.29, 1.82) is 0 Å². The van der Waals surface area contributed by atoms with E-state index in [4.69, 9.17) is 9.52 Å². The van der Waals surface area contributed by atoms with Crippen LogP contribution in [0.5, 0.6) is 0 Å². The van der Waals surface area contributed by atoms with E-state index in [-0.39, 0.29) is 47.6 Å². The van der Waals surface area contributed by atoms with Crippen LogP contribution in [-0.4, -0.2) is 43.8 Å². The Kier molecular flexibility index (Phi) is 5.67. The molecule has 3 aromatic rings. The molecule has 1 aliphatic rings. The van der Waals surface area contributed by atoms with Gasteiger partial charge in [-0.05, 0) is 61.1 Å². The van der Waals surface area contributed by atoms with E-state index in [1.807, 2.05) is 0 Å². The molecule has 0 aliphatic heterocycles. The number of aliphatic hydroxyl groups excluding tert-OH is 1. The summed E-state index contributed by atoms with van der Waals surface area (Å²) in [7, 11) is -2.22. The number of rotatable bonds is 8. The number of aromatic nitrogens is 1. The fraction of sp³-hybridized carbons (Fsp3) is 0.333. The maximum Gasteiger partial charge on any atom is 0.255 e. The third-order valence-corrected chi connectivity index (χ3v) is 6.44. The minimum Gasteiger partial charge on any atom is -0.437 e. The molecule has 0 radical (unpaired) electrons. The Morgan fingerprint density at radius 3 is 2.61 bits per heavy atom. The Hall–Kier alpha value is -2.98. The molecular formula is C21H22FN3O5S. The van der Waals surface area contributed by atoms with Gasteiger partial charge in [-0.25, -0.2) is 12.8 Å².